The van der Waals surface area contributed by atoms with Crippen molar-refractivity contribution in [2.75, 3.05) is 12.4 Å². The fourth-order valence-corrected chi connectivity index (χ4v) is 3.22. The lowest BCUT2D eigenvalue weighted by Crippen LogP contribution is -2.33. The van der Waals surface area contributed by atoms with Crippen molar-refractivity contribution < 1.29 is 23.9 Å². The molecule has 0 aromatic heterocycles. The van der Waals surface area contributed by atoms with Gasteiger partial charge in [-0.25, -0.2) is 10.2 Å². The average Bonchev–Trinajstić information content (AvgIpc) is 2.82. The molecule has 0 aliphatic carbocycles. The van der Waals surface area contributed by atoms with E-state index in [-0.39, 0.29) is 0 Å². The molecule has 0 aliphatic heterocycles. The number of carbonyl (C=O) groups excluding carboxylic acids is 3. The van der Waals surface area contributed by atoms with Gasteiger partial charge in [-0.1, -0.05) is 18.2 Å². The maximum absolute atomic E-state index is 12.4. The number of esters is 1. The van der Waals surface area contributed by atoms with Crippen LogP contribution in [-0.2, 0) is 9.59 Å². The van der Waals surface area contributed by atoms with Gasteiger partial charge in [0.1, 0.15) is 17.1 Å². The second kappa shape index (κ2) is 10.9. The smallest absolute Gasteiger partial charge is 0.347 e. The minimum Gasteiger partial charge on any atom is -0.496 e. The topological polar surface area (TPSA) is 106 Å². The summed E-state index contributed by atoms with van der Waals surface area (Å²) in [5, 5.41) is 6.54. The maximum Gasteiger partial charge on any atom is 0.347 e. The second-order valence-corrected chi connectivity index (χ2v) is 7.58. The number of benzene rings is 3. The van der Waals surface area contributed by atoms with Gasteiger partial charge in [-0.15, -0.1) is 0 Å². The summed E-state index contributed by atoms with van der Waals surface area (Å²) in [5.41, 5.74) is 6.19. The number of ether oxygens (including phenoxy) is 2. The number of anilines is 1. The summed E-state index contributed by atoms with van der Waals surface area (Å²) in [6.07, 6.45) is 0. The minimum atomic E-state index is -0.888. The van der Waals surface area contributed by atoms with E-state index in [0.717, 1.165) is 11.1 Å². The van der Waals surface area contributed by atoms with Crippen molar-refractivity contribution in [1.82, 2.24) is 5.43 Å². The normalized spacial score (nSPS) is 10.9. The van der Waals surface area contributed by atoms with Crippen molar-refractivity contribution in [1.29, 1.82) is 0 Å². The molecule has 0 heterocycles. The molecule has 0 spiro atoms. The molecule has 0 radical (unpaired) electrons. The van der Waals surface area contributed by atoms with E-state index >= 15 is 0 Å². The highest BCUT2D eigenvalue weighted by molar-refractivity contribution is 6.39. The Labute approximate surface area is 197 Å². The first-order valence-corrected chi connectivity index (χ1v) is 10.5. The highest BCUT2D eigenvalue weighted by atomic mass is 16.5. The molecule has 0 atom stereocenters. The van der Waals surface area contributed by atoms with Gasteiger partial charge < -0.3 is 14.8 Å². The number of carbonyl (C=O) groups is 3. The summed E-state index contributed by atoms with van der Waals surface area (Å²) in [7, 11) is 1.48. The highest BCUT2D eigenvalue weighted by Crippen LogP contribution is 2.21. The number of para-hydroxylation sites is 1. The average molecular weight is 460 g/mol. The molecule has 2 amide bonds. The largest absolute Gasteiger partial charge is 0.496 e. The summed E-state index contributed by atoms with van der Waals surface area (Å²) in [5.74, 6) is -1.49. The molecule has 0 aliphatic rings. The van der Waals surface area contributed by atoms with Crippen LogP contribution < -0.4 is 20.2 Å². The first-order chi connectivity index (χ1) is 16.3. The summed E-state index contributed by atoms with van der Waals surface area (Å²) in [4.78, 5) is 36.7. The molecule has 8 heteroatoms. The predicted octanol–water partition coefficient (Wildman–Crippen LogP) is 4.01. The predicted molar refractivity (Wildman–Crippen MR) is 129 cm³/mol. The van der Waals surface area contributed by atoms with Crippen LogP contribution in [0.15, 0.2) is 71.8 Å². The molecule has 0 fully saturated rings. The van der Waals surface area contributed by atoms with Gasteiger partial charge in [0.15, 0.2) is 0 Å². The minimum absolute atomic E-state index is 0.314. The number of nitrogens with one attached hydrogen (secondary N) is 2. The molecule has 174 valence electrons. The summed E-state index contributed by atoms with van der Waals surface area (Å²) >= 11 is 0. The van der Waals surface area contributed by atoms with Gasteiger partial charge in [0.2, 0.25) is 0 Å². The van der Waals surface area contributed by atoms with E-state index in [1.54, 1.807) is 67.6 Å². The molecule has 0 saturated heterocycles. The number of methoxy groups -OCH3 is 1. The molecule has 0 bridgehead atoms. The maximum atomic E-state index is 12.4. The number of hydrazone groups is 1. The first kappa shape index (κ1) is 24.2. The number of rotatable bonds is 6. The van der Waals surface area contributed by atoms with E-state index in [0.29, 0.717) is 34.0 Å². The van der Waals surface area contributed by atoms with E-state index in [1.165, 1.54) is 7.11 Å². The van der Waals surface area contributed by atoms with Gasteiger partial charge in [0, 0.05) is 5.69 Å². The highest BCUT2D eigenvalue weighted by Gasteiger charge is 2.15. The molecule has 0 unspecified atom stereocenters. The fourth-order valence-electron chi connectivity index (χ4n) is 3.22. The van der Waals surface area contributed by atoms with Crippen LogP contribution in [0.25, 0.3) is 0 Å². The quantitative estimate of drug-likeness (QED) is 0.190. The van der Waals surface area contributed by atoms with Crippen LogP contribution in [0.1, 0.15) is 34.0 Å². The lowest BCUT2D eigenvalue weighted by atomic mass is 10.1. The zero-order valence-electron chi connectivity index (χ0n) is 19.3. The third-order valence-electron chi connectivity index (χ3n) is 4.82. The van der Waals surface area contributed by atoms with Gasteiger partial charge in [-0.2, -0.15) is 5.10 Å². The van der Waals surface area contributed by atoms with Gasteiger partial charge in [-0.05, 0) is 86.0 Å². The van der Waals surface area contributed by atoms with Gasteiger partial charge >= 0.3 is 17.8 Å². The van der Waals surface area contributed by atoms with Crippen molar-refractivity contribution in [3.63, 3.8) is 0 Å². The Bertz CT molecular complexity index is 1230. The number of amides is 2. The molecule has 2 N–H and O–H groups in total. The third kappa shape index (κ3) is 6.29. The zero-order chi connectivity index (χ0) is 24.7. The van der Waals surface area contributed by atoms with Crippen LogP contribution in [-0.4, -0.2) is 30.6 Å². The molecule has 3 aromatic rings. The molecular weight excluding hydrogens is 434 g/mol. The Balaban J connectivity index is 1.59. The Morgan fingerprint density at radius 3 is 2.15 bits per heavy atom. The van der Waals surface area contributed by atoms with E-state index in [1.807, 2.05) is 19.9 Å². The van der Waals surface area contributed by atoms with Gasteiger partial charge in [-0.3, -0.25) is 9.59 Å². The second-order valence-electron chi connectivity index (χ2n) is 7.58. The number of nitrogens with zero attached hydrogens (tertiary/aromatic N) is 1. The lowest BCUT2D eigenvalue weighted by Gasteiger charge is -2.09. The first-order valence-electron chi connectivity index (χ1n) is 10.5. The molecule has 3 aromatic carbocycles. The Morgan fingerprint density at radius 1 is 0.853 bits per heavy atom. The summed E-state index contributed by atoms with van der Waals surface area (Å²) in [6, 6.07) is 18.9. The van der Waals surface area contributed by atoms with E-state index in [2.05, 4.69) is 15.8 Å². The Morgan fingerprint density at radius 2 is 1.50 bits per heavy atom. The van der Waals surface area contributed by atoms with Crippen LogP contribution in [0.3, 0.4) is 0 Å². The molecular formula is C26H25N3O5. The van der Waals surface area contributed by atoms with Crippen molar-refractivity contribution in [3.8, 4) is 11.5 Å². The molecule has 34 heavy (non-hydrogen) atoms. The SMILES string of the molecule is COc1ccccc1C(=O)Oc1ccc(/C(C)=N/NC(=O)C(=O)Nc2cc(C)cc(C)c2)cc1. The van der Waals surface area contributed by atoms with Crippen molar-refractivity contribution >= 4 is 29.2 Å². The van der Waals surface area contributed by atoms with Crippen molar-refractivity contribution in [3.05, 3.63) is 89.0 Å². The van der Waals surface area contributed by atoms with Crippen LogP contribution in [0.5, 0.6) is 11.5 Å². The number of hydrogen-bond donors (Lipinski definition) is 2. The van der Waals surface area contributed by atoms with Crippen molar-refractivity contribution in [2.24, 2.45) is 5.10 Å². The zero-order valence-corrected chi connectivity index (χ0v) is 19.3. The van der Waals surface area contributed by atoms with E-state index in [4.69, 9.17) is 9.47 Å². The van der Waals surface area contributed by atoms with Crippen LogP contribution in [0.2, 0.25) is 0 Å². The number of hydrogen-bond acceptors (Lipinski definition) is 6. The third-order valence-corrected chi connectivity index (χ3v) is 4.82. The molecule has 3 rings (SSSR count). The van der Waals surface area contributed by atoms with Crippen LogP contribution in [0.4, 0.5) is 5.69 Å². The summed E-state index contributed by atoms with van der Waals surface area (Å²) in [6.45, 7) is 5.49. The lowest BCUT2D eigenvalue weighted by molar-refractivity contribution is -0.136. The van der Waals surface area contributed by atoms with Crippen LogP contribution >= 0.6 is 0 Å². The fraction of sp³-hybridized carbons (Fsp3) is 0.154. The van der Waals surface area contributed by atoms with E-state index in [9.17, 15) is 14.4 Å². The Hall–Kier alpha value is -4.46. The molecule has 0 saturated carbocycles. The van der Waals surface area contributed by atoms with Gasteiger partial charge in [0.25, 0.3) is 0 Å². The monoisotopic (exact) mass is 459 g/mol. The van der Waals surface area contributed by atoms with Crippen LogP contribution in [0, 0.1) is 13.8 Å². The molecule has 8 nitrogen and oxygen atoms in total. The standard InChI is InChI=1S/C26H25N3O5/c1-16-13-17(2)15-20(14-16)27-24(30)25(31)29-28-18(3)19-9-11-21(12-10-19)34-26(32)22-7-5-6-8-23(22)33-4/h5-15H,1-4H3,(H,27,30)(H,29,31)/b28-18+. The van der Waals surface area contributed by atoms with Gasteiger partial charge in [0.05, 0.1) is 12.8 Å². The number of aryl methyl sites for hydroxylation is 2. The van der Waals surface area contributed by atoms with E-state index < -0.39 is 17.8 Å². The summed E-state index contributed by atoms with van der Waals surface area (Å²) < 4.78 is 10.6. The van der Waals surface area contributed by atoms with Crippen molar-refractivity contribution in [2.45, 2.75) is 20.8 Å². The Kier molecular flexibility index (Phi) is 7.76.